The minimum atomic E-state index is -3.08. The molecule has 3 heterocycles. The molecule has 0 bridgehead atoms. The second-order valence-corrected chi connectivity index (χ2v) is 9.36. The number of halogens is 1. The number of hydrogen-bond acceptors (Lipinski definition) is 8. The molecule has 29 heavy (non-hydrogen) atoms. The average molecular weight is 437 g/mol. The Labute approximate surface area is 170 Å². The second-order valence-electron chi connectivity index (χ2n) is 6.72. The number of pyridine rings is 1. The minimum Gasteiger partial charge on any atom is -0.486 e. The van der Waals surface area contributed by atoms with Crippen LogP contribution in [0.5, 0.6) is 5.75 Å². The van der Waals surface area contributed by atoms with Crippen LogP contribution in [0.2, 0.25) is 5.02 Å². The zero-order valence-corrected chi connectivity index (χ0v) is 16.6. The smallest absolute Gasteiger partial charge is 0.251 e. The number of carbonyl (C=O) groups is 1. The lowest BCUT2D eigenvalue weighted by atomic mass is 10.1. The van der Waals surface area contributed by atoms with Crippen molar-refractivity contribution in [2.45, 2.75) is 19.1 Å². The molecule has 1 aromatic carbocycles. The molecule has 10 nitrogen and oxygen atoms in total. The number of nitrogens with one attached hydrogen (secondary N) is 2. The van der Waals surface area contributed by atoms with Gasteiger partial charge in [-0.05, 0) is 24.6 Å². The summed E-state index contributed by atoms with van der Waals surface area (Å²) in [6.07, 6.45) is 0.412. The van der Waals surface area contributed by atoms with Crippen molar-refractivity contribution < 1.29 is 17.9 Å². The summed E-state index contributed by atoms with van der Waals surface area (Å²) >= 11 is 6.24. The highest BCUT2D eigenvalue weighted by Gasteiger charge is 2.29. The molecule has 1 atom stereocenters. The summed E-state index contributed by atoms with van der Waals surface area (Å²) in [5.74, 6) is 0.299. The number of nitrogens with two attached hydrogens (primary N) is 1. The minimum absolute atomic E-state index is 0.0422. The Morgan fingerprint density at radius 1 is 1.38 bits per heavy atom. The van der Waals surface area contributed by atoms with E-state index in [9.17, 15) is 13.2 Å². The highest BCUT2D eigenvalue weighted by molar-refractivity contribution is 7.91. The number of hydrogen-bond donors (Lipinski definition) is 3. The number of ether oxygens (including phenoxy) is 1. The van der Waals surface area contributed by atoms with Crippen LogP contribution in [-0.2, 0) is 16.4 Å². The predicted octanol–water partition coefficient (Wildman–Crippen LogP) is 1.08. The Morgan fingerprint density at radius 2 is 2.21 bits per heavy atom. The molecule has 152 valence electrons. The van der Waals surface area contributed by atoms with Gasteiger partial charge in [0.1, 0.15) is 12.4 Å². The average Bonchev–Trinajstić information content (AvgIpc) is 3.26. The van der Waals surface area contributed by atoms with Crippen molar-refractivity contribution >= 4 is 44.3 Å². The molecule has 3 aromatic rings. The van der Waals surface area contributed by atoms with Crippen LogP contribution >= 0.6 is 11.6 Å². The van der Waals surface area contributed by atoms with Gasteiger partial charge >= 0.3 is 0 Å². The van der Waals surface area contributed by atoms with E-state index >= 15 is 0 Å². The number of nitrogen functional groups attached to an aromatic ring is 1. The monoisotopic (exact) mass is 436 g/mol. The maximum absolute atomic E-state index is 12.5. The molecule has 12 heteroatoms. The van der Waals surface area contributed by atoms with Gasteiger partial charge in [-0.2, -0.15) is 0 Å². The van der Waals surface area contributed by atoms with Crippen molar-refractivity contribution in [3.05, 3.63) is 40.4 Å². The topological polar surface area (TPSA) is 153 Å². The number of nitrogens with zero attached hydrogens (tertiary/aromatic N) is 3. The van der Waals surface area contributed by atoms with E-state index in [1.165, 1.54) is 6.07 Å². The fraction of sp³-hybridized carbons (Fsp3) is 0.294. The second kappa shape index (κ2) is 7.48. The zero-order valence-electron chi connectivity index (χ0n) is 15.1. The van der Waals surface area contributed by atoms with Crippen molar-refractivity contribution in [1.29, 1.82) is 0 Å². The number of carbonyl (C=O) groups excluding carboxylic acids is 1. The molecule has 0 saturated carbocycles. The van der Waals surface area contributed by atoms with Gasteiger partial charge in [0.15, 0.2) is 26.8 Å². The van der Waals surface area contributed by atoms with Crippen LogP contribution in [0.1, 0.15) is 22.3 Å². The van der Waals surface area contributed by atoms with Crippen LogP contribution in [0.4, 0.5) is 5.82 Å². The first-order valence-corrected chi connectivity index (χ1v) is 10.9. The van der Waals surface area contributed by atoms with E-state index in [0.717, 1.165) is 0 Å². The first kappa shape index (κ1) is 19.4. The van der Waals surface area contributed by atoms with E-state index < -0.39 is 9.84 Å². The molecular formula is C17H17ClN6O4S. The SMILES string of the molecule is Nc1cc(OCc2cc(C(=O)NC3CCS(=O)(=O)C3)ccc2Cl)c2nn[nH]c2n1. The van der Waals surface area contributed by atoms with Crippen molar-refractivity contribution in [3.8, 4) is 5.75 Å². The van der Waals surface area contributed by atoms with Crippen LogP contribution in [0, 0.1) is 0 Å². The Bertz CT molecular complexity index is 1200. The van der Waals surface area contributed by atoms with Gasteiger partial charge in [0.2, 0.25) is 0 Å². The van der Waals surface area contributed by atoms with Crippen molar-refractivity contribution in [1.82, 2.24) is 25.7 Å². The summed E-state index contributed by atoms with van der Waals surface area (Å²) in [5.41, 5.74) is 7.51. The normalized spacial score (nSPS) is 18.0. The summed E-state index contributed by atoms with van der Waals surface area (Å²) < 4.78 is 28.9. The maximum atomic E-state index is 12.5. The van der Waals surface area contributed by atoms with Crippen molar-refractivity contribution in [3.63, 3.8) is 0 Å². The third kappa shape index (κ3) is 4.25. The first-order chi connectivity index (χ1) is 13.8. The summed E-state index contributed by atoms with van der Waals surface area (Å²) in [5, 5.41) is 13.4. The molecule has 4 N–H and O–H groups in total. The summed E-state index contributed by atoms with van der Waals surface area (Å²) in [6, 6.07) is 5.91. The molecule has 1 fully saturated rings. The van der Waals surface area contributed by atoms with E-state index in [-0.39, 0.29) is 35.9 Å². The number of benzene rings is 1. The Hall–Kier alpha value is -2.92. The molecule has 0 radical (unpaired) electrons. The number of fused-ring (bicyclic) bond motifs is 1. The Balaban J connectivity index is 1.49. The number of sulfone groups is 1. The van der Waals surface area contributed by atoms with E-state index in [1.807, 2.05) is 0 Å². The number of aromatic nitrogens is 4. The third-order valence-electron chi connectivity index (χ3n) is 4.54. The standard InChI is InChI=1S/C17H17ClN6O4S/c18-12-2-1-9(17(25)20-11-3-4-29(26,27)8-11)5-10(12)7-28-13-6-14(19)21-16-15(13)22-24-23-16/h1-2,5-6,11H,3-4,7-8H2,(H,20,25)(H3,19,21,22,23,24). The fourth-order valence-corrected chi connectivity index (χ4v) is 4.95. The Kier molecular flexibility index (Phi) is 5.01. The number of anilines is 1. The van der Waals surface area contributed by atoms with Crippen LogP contribution in [0.25, 0.3) is 11.2 Å². The quantitative estimate of drug-likeness (QED) is 0.537. The molecule has 1 amide bonds. The summed E-state index contributed by atoms with van der Waals surface area (Å²) in [4.78, 5) is 16.6. The lowest BCUT2D eigenvalue weighted by Crippen LogP contribution is -2.35. The van der Waals surface area contributed by atoms with Crippen LogP contribution < -0.4 is 15.8 Å². The molecule has 1 saturated heterocycles. The lowest BCUT2D eigenvalue weighted by Gasteiger charge is -2.13. The molecule has 1 aliphatic rings. The van der Waals surface area contributed by atoms with Gasteiger partial charge in [0.05, 0.1) is 11.5 Å². The van der Waals surface area contributed by atoms with E-state index in [4.69, 9.17) is 22.1 Å². The Morgan fingerprint density at radius 3 is 2.97 bits per heavy atom. The number of H-pyrrole nitrogens is 1. The van der Waals surface area contributed by atoms with E-state index in [2.05, 4.69) is 25.7 Å². The maximum Gasteiger partial charge on any atom is 0.251 e. The van der Waals surface area contributed by atoms with Gasteiger partial charge in [-0.3, -0.25) is 4.79 Å². The molecule has 0 spiro atoms. The van der Waals surface area contributed by atoms with Crippen LogP contribution in [0.3, 0.4) is 0 Å². The number of aromatic amines is 1. The molecule has 1 unspecified atom stereocenters. The summed E-state index contributed by atoms with van der Waals surface area (Å²) in [6.45, 7) is 0.0587. The molecule has 0 aliphatic carbocycles. The van der Waals surface area contributed by atoms with E-state index in [1.54, 1.807) is 18.2 Å². The molecular weight excluding hydrogens is 420 g/mol. The van der Waals surface area contributed by atoms with Crippen molar-refractivity contribution in [2.24, 2.45) is 0 Å². The largest absolute Gasteiger partial charge is 0.486 e. The highest BCUT2D eigenvalue weighted by atomic mass is 35.5. The zero-order chi connectivity index (χ0) is 20.6. The van der Waals surface area contributed by atoms with Gasteiger partial charge in [0, 0.05) is 28.3 Å². The molecule has 4 rings (SSSR count). The van der Waals surface area contributed by atoms with Gasteiger partial charge in [-0.15, -0.1) is 5.10 Å². The predicted molar refractivity (Wildman–Crippen MR) is 106 cm³/mol. The summed E-state index contributed by atoms with van der Waals surface area (Å²) in [7, 11) is -3.08. The number of amides is 1. The van der Waals surface area contributed by atoms with Crippen LogP contribution in [-0.4, -0.2) is 52.3 Å². The highest BCUT2D eigenvalue weighted by Crippen LogP contribution is 2.26. The van der Waals surface area contributed by atoms with Gasteiger partial charge in [-0.25, -0.2) is 18.5 Å². The number of rotatable bonds is 5. The van der Waals surface area contributed by atoms with Gasteiger partial charge in [0.25, 0.3) is 5.91 Å². The van der Waals surface area contributed by atoms with Crippen molar-refractivity contribution in [2.75, 3.05) is 17.2 Å². The van der Waals surface area contributed by atoms with E-state index in [0.29, 0.717) is 39.5 Å². The van der Waals surface area contributed by atoms with Gasteiger partial charge < -0.3 is 15.8 Å². The molecule has 1 aliphatic heterocycles. The van der Waals surface area contributed by atoms with Gasteiger partial charge in [-0.1, -0.05) is 16.8 Å². The van der Waals surface area contributed by atoms with Crippen LogP contribution in [0.15, 0.2) is 24.3 Å². The lowest BCUT2D eigenvalue weighted by molar-refractivity contribution is 0.0941. The molecule has 2 aromatic heterocycles. The first-order valence-electron chi connectivity index (χ1n) is 8.70. The third-order valence-corrected chi connectivity index (χ3v) is 6.68. The fourth-order valence-electron chi connectivity index (χ4n) is 3.10.